The molecule has 0 aromatic heterocycles. The van der Waals surface area contributed by atoms with Gasteiger partial charge < -0.3 is 5.32 Å². The van der Waals surface area contributed by atoms with E-state index in [9.17, 15) is 13.6 Å². The zero-order valence-corrected chi connectivity index (χ0v) is 13.4. The molecule has 0 radical (unpaired) electrons. The van der Waals surface area contributed by atoms with Crippen LogP contribution in [0.1, 0.15) is 34.6 Å². The third kappa shape index (κ3) is 3.19. The van der Waals surface area contributed by atoms with E-state index in [0.717, 1.165) is 11.1 Å². The molecule has 0 aromatic carbocycles. The zero-order valence-electron chi connectivity index (χ0n) is 12.6. The van der Waals surface area contributed by atoms with Gasteiger partial charge in [-0.2, -0.15) is 0 Å². The number of hydrogen-bond donors (Lipinski definition) is 2. The number of rotatable bonds is 3. The molecule has 1 heterocycles. The first-order valence-electron chi connectivity index (χ1n) is 6.45. The van der Waals surface area contributed by atoms with Gasteiger partial charge in [0.25, 0.3) is 11.3 Å². The Kier molecular flexibility index (Phi) is 5.30. The fraction of sp³-hybridized carbons (Fsp3) is 0.500. The lowest BCUT2D eigenvalue weighted by Crippen LogP contribution is -2.50. The van der Waals surface area contributed by atoms with Crippen LogP contribution in [0.4, 0.5) is 0 Å². The highest BCUT2D eigenvalue weighted by atomic mass is 32.2. The van der Waals surface area contributed by atoms with E-state index in [4.69, 9.17) is 0 Å². The number of allylic oxidation sites excluding steroid dienone is 3. The fourth-order valence-corrected chi connectivity index (χ4v) is 3.16. The van der Waals surface area contributed by atoms with Gasteiger partial charge in [0.1, 0.15) is 0 Å². The maximum absolute atomic E-state index is 11.7. The quantitative estimate of drug-likeness (QED) is 0.784. The van der Waals surface area contributed by atoms with Crippen molar-refractivity contribution in [1.29, 1.82) is 0 Å². The molecule has 1 amide bonds. The lowest BCUT2D eigenvalue weighted by molar-refractivity contribution is -0.118. The highest BCUT2D eigenvalue weighted by Crippen LogP contribution is 2.37. The minimum atomic E-state index is -2.14. The molecule has 112 valence electrons. The Bertz CT molecular complexity index is 519. The molecule has 1 atom stereocenters. The van der Waals surface area contributed by atoms with E-state index >= 15 is 0 Å². The number of carbonyl (C=O) groups excluding carboxylic acids is 1. The average Bonchev–Trinajstić information content (AvgIpc) is 2.34. The first-order chi connectivity index (χ1) is 9.25. The van der Waals surface area contributed by atoms with Crippen molar-refractivity contribution < 1.29 is 13.6 Å². The molecule has 1 rings (SSSR count). The maximum Gasteiger partial charge on any atom is 0.262 e. The summed E-state index contributed by atoms with van der Waals surface area (Å²) in [6, 6.07) is 0. The van der Waals surface area contributed by atoms with Crippen LogP contribution in [0.15, 0.2) is 35.1 Å². The standard InChI is InChI=1S/C14H22N2O3S/c1-6-11-8-12(9-15-10(3)17)14(4,5)16(20(18)19)13(11)7-2/h6-8H,9H2,1-5H3,(H,15,17)(H,18,19)/b11-6-,13-7+. The highest BCUT2D eigenvalue weighted by Gasteiger charge is 2.39. The summed E-state index contributed by atoms with van der Waals surface area (Å²) in [5, 5.41) is 2.75. The Morgan fingerprint density at radius 3 is 2.45 bits per heavy atom. The van der Waals surface area contributed by atoms with E-state index in [-0.39, 0.29) is 5.91 Å². The van der Waals surface area contributed by atoms with Gasteiger partial charge >= 0.3 is 0 Å². The van der Waals surface area contributed by atoms with Crippen LogP contribution in [0.5, 0.6) is 0 Å². The van der Waals surface area contributed by atoms with Crippen LogP contribution >= 0.6 is 0 Å². The van der Waals surface area contributed by atoms with Crippen molar-refractivity contribution >= 4 is 17.2 Å². The SMILES string of the molecule is C/C=C1/C=C(CNC(C)=O)C(C)(C)N(S(=O)O)/C1=C/C. The molecule has 20 heavy (non-hydrogen) atoms. The van der Waals surface area contributed by atoms with Gasteiger partial charge in [-0.1, -0.05) is 12.2 Å². The lowest BCUT2D eigenvalue weighted by Gasteiger charge is -2.44. The van der Waals surface area contributed by atoms with Crippen LogP contribution in [0.25, 0.3) is 0 Å². The molecule has 2 N–H and O–H groups in total. The average molecular weight is 298 g/mol. The molecular formula is C14H22N2O3S. The first kappa shape index (κ1) is 16.7. The predicted molar refractivity (Wildman–Crippen MR) is 81.0 cm³/mol. The molecule has 0 aliphatic carbocycles. The largest absolute Gasteiger partial charge is 0.352 e. The summed E-state index contributed by atoms with van der Waals surface area (Å²) in [5.41, 5.74) is 1.81. The molecular weight excluding hydrogens is 276 g/mol. The minimum absolute atomic E-state index is 0.128. The summed E-state index contributed by atoms with van der Waals surface area (Å²) >= 11 is -2.14. The van der Waals surface area contributed by atoms with Crippen molar-refractivity contribution in [3.8, 4) is 0 Å². The van der Waals surface area contributed by atoms with Gasteiger partial charge in [0.2, 0.25) is 5.91 Å². The predicted octanol–water partition coefficient (Wildman–Crippen LogP) is 2.13. The van der Waals surface area contributed by atoms with Crippen molar-refractivity contribution in [2.75, 3.05) is 6.54 Å². The van der Waals surface area contributed by atoms with E-state index in [2.05, 4.69) is 5.32 Å². The molecule has 1 unspecified atom stereocenters. The van der Waals surface area contributed by atoms with E-state index in [1.807, 2.05) is 45.9 Å². The Balaban J connectivity index is 3.33. The van der Waals surface area contributed by atoms with E-state index in [1.54, 1.807) is 0 Å². The van der Waals surface area contributed by atoms with Gasteiger partial charge in [0, 0.05) is 13.5 Å². The topological polar surface area (TPSA) is 69.6 Å². The summed E-state index contributed by atoms with van der Waals surface area (Å²) in [4.78, 5) is 11.1. The second-order valence-corrected chi connectivity index (χ2v) is 5.91. The first-order valence-corrected chi connectivity index (χ1v) is 7.51. The number of carbonyl (C=O) groups is 1. The second-order valence-electron chi connectivity index (χ2n) is 5.08. The summed E-state index contributed by atoms with van der Waals surface area (Å²) in [6.45, 7) is 9.25. The number of amides is 1. The van der Waals surface area contributed by atoms with Crippen molar-refractivity contribution in [3.05, 3.63) is 35.1 Å². The van der Waals surface area contributed by atoms with Gasteiger partial charge in [-0.25, -0.2) is 4.21 Å². The Hall–Kier alpha value is -1.40. The van der Waals surface area contributed by atoms with E-state index < -0.39 is 16.8 Å². The molecule has 0 fully saturated rings. The van der Waals surface area contributed by atoms with Crippen molar-refractivity contribution in [2.45, 2.75) is 40.2 Å². The molecule has 5 nitrogen and oxygen atoms in total. The lowest BCUT2D eigenvalue weighted by atomic mass is 9.86. The van der Waals surface area contributed by atoms with Crippen molar-refractivity contribution in [3.63, 3.8) is 0 Å². The van der Waals surface area contributed by atoms with Crippen LogP contribution in [-0.4, -0.2) is 31.1 Å². The molecule has 1 aliphatic heterocycles. The molecule has 0 saturated carbocycles. The summed E-state index contributed by atoms with van der Waals surface area (Å²) in [7, 11) is 0. The van der Waals surface area contributed by atoms with Gasteiger partial charge in [-0.05, 0) is 44.9 Å². The Morgan fingerprint density at radius 1 is 1.45 bits per heavy atom. The van der Waals surface area contributed by atoms with Crippen molar-refractivity contribution in [1.82, 2.24) is 9.62 Å². The van der Waals surface area contributed by atoms with Crippen LogP contribution < -0.4 is 5.32 Å². The smallest absolute Gasteiger partial charge is 0.262 e. The fourth-order valence-electron chi connectivity index (χ4n) is 2.27. The van der Waals surface area contributed by atoms with Gasteiger partial charge in [-0.3, -0.25) is 13.7 Å². The Morgan fingerprint density at radius 2 is 2.05 bits per heavy atom. The molecule has 0 spiro atoms. The second kappa shape index (κ2) is 6.37. The molecule has 0 saturated heterocycles. The molecule has 1 aliphatic rings. The molecule has 0 aromatic rings. The minimum Gasteiger partial charge on any atom is -0.352 e. The summed E-state index contributed by atoms with van der Waals surface area (Å²) < 4.78 is 22.8. The number of nitrogens with one attached hydrogen (secondary N) is 1. The molecule has 0 bridgehead atoms. The number of nitrogens with zero attached hydrogens (tertiary/aromatic N) is 1. The Labute approximate surface area is 122 Å². The number of hydrogen-bond acceptors (Lipinski definition) is 2. The van der Waals surface area contributed by atoms with Gasteiger partial charge in [0.15, 0.2) is 0 Å². The summed E-state index contributed by atoms with van der Waals surface area (Å²) in [5.74, 6) is -0.128. The normalized spacial score (nSPS) is 23.7. The van der Waals surface area contributed by atoms with Gasteiger partial charge in [0.05, 0.1) is 11.2 Å². The van der Waals surface area contributed by atoms with E-state index in [1.165, 1.54) is 11.2 Å². The van der Waals surface area contributed by atoms with Gasteiger partial charge in [-0.15, -0.1) is 0 Å². The highest BCUT2D eigenvalue weighted by molar-refractivity contribution is 7.77. The third-order valence-corrected chi connectivity index (χ3v) is 4.37. The zero-order chi connectivity index (χ0) is 15.5. The van der Waals surface area contributed by atoms with Crippen LogP contribution in [0.3, 0.4) is 0 Å². The summed E-state index contributed by atoms with van der Waals surface area (Å²) in [6.07, 6.45) is 5.67. The van der Waals surface area contributed by atoms with Crippen LogP contribution in [0, 0.1) is 0 Å². The van der Waals surface area contributed by atoms with E-state index in [0.29, 0.717) is 12.2 Å². The van der Waals surface area contributed by atoms with Crippen LogP contribution in [0.2, 0.25) is 0 Å². The van der Waals surface area contributed by atoms with Crippen molar-refractivity contribution in [2.24, 2.45) is 0 Å². The van der Waals surface area contributed by atoms with Crippen LogP contribution in [-0.2, 0) is 16.1 Å². The monoisotopic (exact) mass is 298 g/mol. The molecule has 6 heteroatoms. The third-order valence-electron chi connectivity index (χ3n) is 3.41. The maximum atomic E-state index is 11.7.